The van der Waals surface area contributed by atoms with Crippen LogP contribution in [0.4, 0.5) is 5.13 Å². The molecule has 27 heavy (non-hydrogen) atoms. The van der Waals surface area contributed by atoms with E-state index in [-0.39, 0.29) is 17.4 Å². The highest BCUT2D eigenvalue weighted by Crippen LogP contribution is 2.48. The first-order valence-electron chi connectivity index (χ1n) is 9.72. The Bertz CT molecular complexity index is 931. The quantitative estimate of drug-likeness (QED) is 0.744. The first kappa shape index (κ1) is 16.8. The number of thiazole rings is 1. The summed E-state index contributed by atoms with van der Waals surface area (Å²) < 4.78 is 1.22. The van der Waals surface area contributed by atoms with Gasteiger partial charge in [0.2, 0.25) is 5.91 Å². The van der Waals surface area contributed by atoms with Crippen LogP contribution < -0.4 is 10.2 Å². The number of carbonyl (C=O) groups excluding carboxylic acids is 1. The van der Waals surface area contributed by atoms with Crippen LogP contribution >= 0.6 is 11.3 Å². The van der Waals surface area contributed by atoms with Crippen molar-refractivity contribution < 1.29 is 4.79 Å². The number of aromatic nitrogens is 1. The van der Waals surface area contributed by atoms with E-state index in [1.807, 2.05) is 24.3 Å². The lowest BCUT2D eigenvalue weighted by atomic mass is 9.94. The number of hydrogen-bond donors (Lipinski definition) is 1. The van der Waals surface area contributed by atoms with Crippen molar-refractivity contribution in [2.45, 2.75) is 37.1 Å². The third kappa shape index (κ3) is 3.10. The molecule has 2 heterocycles. The van der Waals surface area contributed by atoms with Crippen LogP contribution in [0.25, 0.3) is 10.2 Å². The van der Waals surface area contributed by atoms with Gasteiger partial charge < -0.3 is 10.2 Å². The molecule has 0 unspecified atom stereocenters. The molecule has 4 nitrogen and oxygen atoms in total. The summed E-state index contributed by atoms with van der Waals surface area (Å²) in [5.41, 5.74) is 1.92. The van der Waals surface area contributed by atoms with Crippen molar-refractivity contribution in [3.8, 4) is 0 Å². The van der Waals surface area contributed by atoms with E-state index in [2.05, 4.69) is 40.5 Å². The molecule has 0 spiro atoms. The largest absolute Gasteiger partial charge is 0.351 e. The molecule has 1 saturated heterocycles. The minimum atomic E-state index is -0.292. The Morgan fingerprint density at radius 2 is 1.89 bits per heavy atom. The first-order chi connectivity index (χ1) is 13.2. The molecular weight excluding hydrogens is 354 g/mol. The van der Waals surface area contributed by atoms with Crippen LogP contribution in [0.1, 0.15) is 31.2 Å². The number of fused-ring (bicyclic) bond motifs is 1. The highest BCUT2D eigenvalue weighted by molar-refractivity contribution is 7.22. The zero-order valence-electron chi connectivity index (χ0n) is 15.2. The van der Waals surface area contributed by atoms with Crippen molar-refractivity contribution in [2.24, 2.45) is 0 Å². The van der Waals surface area contributed by atoms with Gasteiger partial charge in [-0.05, 0) is 43.4 Å². The molecule has 5 heteroatoms. The van der Waals surface area contributed by atoms with Crippen molar-refractivity contribution in [1.82, 2.24) is 10.3 Å². The van der Waals surface area contributed by atoms with E-state index in [0.29, 0.717) is 0 Å². The summed E-state index contributed by atoms with van der Waals surface area (Å²) >= 11 is 1.74. The topological polar surface area (TPSA) is 45.2 Å². The van der Waals surface area contributed by atoms with Crippen LogP contribution in [0.5, 0.6) is 0 Å². The van der Waals surface area contributed by atoms with Gasteiger partial charge in [0.15, 0.2) is 5.13 Å². The predicted octanol–water partition coefficient (Wildman–Crippen LogP) is 4.11. The molecule has 0 bridgehead atoms. The van der Waals surface area contributed by atoms with Gasteiger partial charge in [0.05, 0.1) is 15.6 Å². The first-order valence-corrected chi connectivity index (χ1v) is 10.5. The van der Waals surface area contributed by atoms with Crippen LogP contribution in [0.2, 0.25) is 0 Å². The van der Waals surface area contributed by atoms with Crippen LogP contribution in [0, 0.1) is 0 Å². The maximum atomic E-state index is 13.0. The molecule has 1 atom stereocenters. The monoisotopic (exact) mass is 377 g/mol. The van der Waals surface area contributed by atoms with E-state index in [4.69, 9.17) is 4.98 Å². The second-order valence-corrected chi connectivity index (χ2v) is 8.68. The molecule has 1 amide bonds. The standard InChI is InChI=1S/C22H23N3OS/c26-20(22(12-13-22)16-7-2-1-3-8-16)23-17-9-6-14-25(15-17)21-24-18-10-4-5-11-19(18)27-21/h1-5,7-8,10-11,17H,6,9,12-15H2,(H,23,26)/t17-/m1/s1. The molecule has 5 rings (SSSR count). The van der Waals surface area contributed by atoms with Gasteiger partial charge in [-0.1, -0.05) is 53.8 Å². The second kappa shape index (κ2) is 6.64. The summed E-state index contributed by atoms with van der Waals surface area (Å²) in [7, 11) is 0. The smallest absolute Gasteiger partial charge is 0.230 e. The number of piperidine rings is 1. The summed E-state index contributed by atoms with van der Waals surface area (Å²) in [6, 6.07) is 18.7. The summed E-state index contributed by atoms with van der Waals surface area (Å²) in [5.74, 6) is 0.199. The van der Waals surface area contributed by atoms with Gasteiger partial charge in [0.25, 0.3) is 0 Å². The average molecular weight is 378 g/mol. The number of rotatable bonds is 4. The normalized spacial score (nSPS) is 21.2. The third-order valence-electron chi connectivity index (χ3n) is 5.82. The van der Waals surface area contributed by atoms with Crippen LogP contribution in [0.3, 0.4) is 0 Å². The Balaban J connectivity index is 1.29. The molecular formula is C22H23N3OS. The van der Waals surface area contributed by atoms with Gasteiger partial charge in [-0.15, -0.1) is 0 Å². The van der Waals surface area contributed by atoms with E-state index in [1.165, 1.54) is 4.70 Å². The fourth-order valence-electron chi connectivity index (χ4n) is 4.12. The van der Waals surface area contributed by atoms with Crippen molar-refractivity contribution >= 4 is 32.6 Å². The molecule has 1 saturated carbocycles. The number of amides is 1. The van der Waals surface area contributed by atoms with Crippen molar-refractivity contribution in [3.63, 3.8) is 0 Å². The third-order valence-corrected chi connectivity index (χ3v) is 6.92. The number of anilines is 1. The lowest BCUT2D eigenvalue weighted by Crippen LogP contribution is -2.50. The molecule has 2 fully saturated rings. The number of nitrogens with zero attached hydrogens (tertiary/aromatic N) is 2. The minimum Gasteiger partial charge on any atom is -0.351 e. The zero-order valence-corrected chi connectivity index (χ0v) is 16.0. The lowest BCUT2D eigenvalue weighted by Gasteiger charge is -2.33. The molecule has 1 N–H and O–H groups in total. The summed E-state index contributed by atoms with van der Waals surface area (Å²) in [6.07, 6.45) is 4.03. The van der Waals surface area contributed by atoms with Gasteiger partial charge in [-0.3, -0.25) is 4.79 Å². The van der Waals surface area contributed by atoms with E-state index in [0.717, 1.165) is 55.0 Å². The van der Waals surface area contributed by atoms with Crippen LogP contribution in [-0.2, 0) is 10.2 Å². The Hall–Kier alpha value is -2.40. The van der Waals surface area contributed by atoms with Crippen LogP contribution in [0.15, 0.2) is 54.6 Å². The van der Waals surface area contributed by atoms with Crippen molar-refractivity contribution in [2.75, 3.05) is 18.0 Å². The molecule has 1 aromatic heterocycles. The number of nitrogens with one attached hydrogen (secondary N) is 1. The molecule has 1 aliphatic carbocycles. The fourth-order valence-corrected chi connectivity index (χ4v) is 5.12. The maximum absolute atomic E-state index is 13.0. The molecule has 1 aliphatic heterocycles. The van der Waals surface area contributed by atoms with E-state index < -0.39 is 0 Å². The SMILES string of the molecule is O=C(N[C@@H]1CCCN(c2nc3ccccc3s2)C1)C1(c2ccccc2)CC1. The number of benzene rings is 2. The van der Waals surface area contributed by atoms with E-state index in [1.54, 1.807) is 11.3 Å². The fraction of sp³-hybridized carbons (Fsp3) is 0.364. The highest BCUT2D eigenvalue weighted by atomic mass is 32.1. The highest BCUT2D eigenvalue weighted by Gasteiger charge is 2.51. The van der Waals surface area contributed by atoms with Gasteiger partial charge in [-0.2, -0.15) is 0 Å². The second-order valence-electron chi connectivity index (χ2n) is 7.67. The van der Waals surface area contributed by atoms with E-state index >= 15 is 0 Å². The van der Waals surface area contributed by atoms with E-state index in [9.17, 15) is 4.79 Å². The Labute approximate surface area is 163 Å². The Kier molecular flexibility index (Phi) is 4.12. The lowest BCUT2D eigenvalue weighted by molar-refractivity contribution is -0.124. The Morgan fingerprint density at radius 3 is 2.67 bits per heavy atom. The summed E-state index contributed by atoms with van der Waals surface area (Å²) in [4.78, 5) is 20.2. The van der Waals surface area contributed by atoms with Gasteiger partial charge in [0.1, 0.15) is 0 Å². The molecule has 3 aromatic rings. The van der Waals surface area contributed by atoms with Crippen LogP contribution in [-0.4, -0.2) is 30.0 Å². The number of hydrogen-bond acceptors (Lipinski definition) is 4. The van der Waals surface area contributed by atoms with Crippen molar-refractivity contribution in [3.05, 3.63) is 60.2 Å². The summed E-state index contributed by atoms with van der Waals surface area (Å²) in [5, 5.41) is 4.42. The predicted molar refractivity (Wildman–Crippen MR) is 110 cm³/mol. The summed E-state index contributed by atoms with van der Waals surface area (Å²) in [6.45, 7) is 1.85. The number of para-hydroxylation sites is 1. The Morgan fingerprint density at radius 1 is 1.11 bits per heavy atom. The zero-order chi connectivity index (χ0) is 18.3. The van der Waals surface area contributed by atoms with Gasteiger partial charge >= 0.3 is 0 Å². The number of carbonyl (C=O) groups is 1. The molecule has 0 radical (unpaired) electrons. The minimum absolute atomic E-state index is 0.194. The van der Waals surface area contributed by atoms with Gasteiger partial charge in [0, 0.05) is 19.1 Å². The van der Waals surface area contributed by atoms with Crippen molar-refractivity contribution in [1.29, 1.82) is 0 Å². The molecule has 138 valence electrons. The molecule has 2 aliphatic rings. The molecule has 2 aromatic carbocycles. The average Bonchev–Trinajstić information content (AvgIpc) is 3.42. The maximum Gasteiger partial charge on any atom is 0.230 e. The van der Waals surface area contributed by atoms with Gasteiger partial charge in [-0.25, -0.2) is 4.98 Å².